The molecule has 1 atom stereocenters. The van der Waals surface area contributed by atoms with Crippen molar-refractivity contribution in [1.82, 2.24) is 18.8 Å². The summed E-state index contributed by atoms with van der Waals surface area (Å²) in [5.74, 6) is -0.431. The third kappa shape index (κ3) is 5.72. The molecule has 1 aromatic heterocycles. The first-order valence-electron chi connectivity index (χ1n) is 10.7. The fraction of sp³-hybridized carbons (Fsp3) is 0.619. The van der Waals surface area contributed by atoms with Crippen LogP contribution < -0.4 is 11.0 Å². The normalized spacial score (nSPS) is 13.1. The highest BCUT2D eigenvalue weighted by Gasteiger charge is 2.23. The van der Waals surface area contributed by atoms with Crippen LogP contribution in [0.4, 0.5) is 0 Å². The van der Waals surface area contributed by atoms with Crippen molar-refractivity contribution in [3.63, 3.8) is 0 Å². The molecule has 1 N–H and O–H groups in total. The highest BCUT2D eigenvalue weighted by Crippen LogP contribution is 2.15. The maximum absolute atomic E-state index is 12.9. The van der Waals surface area contributed by atoms with Crippen molar-refractivity contribution >= 4 is 27.0 Å². The van der Waals surface area contributed by atoms with E-state index in [2.05, 4.69) is 24.1 Å². The summed E-state index contributed by atoms with van der Waals surface area (Å²) >= 11 is 0. The number of nitrogens with zero attached hydrogens (tertiary/aromatic N) is 3. The Hall–Kier alpha value is -2.13. The molecular weight excluding hydrogens is 404 g/mol. The second-order valence-corrected chi connectivity index (χ2v) is 9.51. The average Bonchev–Trinajstić information content (AvgIpc) is 2.97. The van der Waals surface area contributed by atoms with Gasteiger partial charge in [-0.25, -0.2) is 13.2 Å². The summed E-state index contributed by atoms with van der Waals surface area (Å²) in [6.07, 6.45) is 2.21. The summed E-state index contributed by atoms with van der Waals surface area (Å²) in [6.45, 7) is 10.7. The van der Waals surface area contributed by atoms with Crippen LogP contribution in [0.5, 0.6) is 0 Å². The highest BCUT2D eigenvalue weighted by atomic mass is 32.2. The van der Waals surface area contributed by atoms with Gasteiger partial charge < -0.3 is 10.2 Å². The molecule has 0 saturated heterocycles. The monoisotopic (exact) mass is 438 g/mol. The first-order valence-corrected chi connectivity index (χ1v) is 12.3. The molecule has 0 aliphatic rings. The molecule has 168 valence electrons. The lowest BCUT2D eigenvalue weighted by Gasteiger charge is -2.19. The molecule has 0 bridgehead atoms. The minimum Gasteiger partial charge on any atom is -0.352 e. The number of carbonyl (C=O) groups is 1. The van der Waals surface area contributed by atoms with Crippen molar-refractivity contribution in [1.29, 1.82) is 0 Å². The van der Waals surface area contributed by atoms with Crippen LogP contribution in [0.3, 0.4) is 0 Å². The molecule has 1 unspecified atom stereocenters. The molecule has 1 amide bonds. The summed E-state index contributed by atoms with van der Waals surface area (Å²) in [4.78, 5) is 27.8. The molecule has 0 spiro atoms. The predicted octanol–water partition coefficient (Wildman–Crippen LogP) is 2.02. The topological polar surface area (TPSA) is 93.4 Å². The number of hydrogen-bond acceptors (Lipinski definition) is 5. The number of nitrogens with one attached hydrogen (secondary N) is 1. The Morgan fingerprint density at radius 3 is 2.37 bits per heavy atom. The largest absolute Gasteiger partial charge is 0.352 e. The fourth-order valence-corrected chi connectivity index (χ4v) is 5.14. The molecule has 1 heterocycles. The highest BCUT2D eigenvalue weighted by molar-refractivity contribution is 7.90. The molecule has 0 radical (unpaired) electrons. The number of fused-ring (bicyclic) bond motifs is 1. The zero-order valence-electron chi connectivity index (χ0n) is 18.4. The molecule has 8 nitrogen and oxygen atoms in total. The first kappa shape index (κ1) is 24.1. The van der Waals surface area contributed by atoms with Gasteiger partial charge in [0.1, 0.15) is 6.54 Å². The Labute approximate surface area is 178 Å². The standard InChI is InChI=1S/C21H34N4O4S/c1-5-15-30(28,29)25-19-13-9-8-12-18(19)24(21(25)27)16-20(26)22-17(4)11-10-14-23(6-2)7-3/h8-9,12-13,17H,5-7,10-11,14-16H2,1-4H3,(H,22,26). The van der Waals surface area contributed by atoms with Crippen molar-refractivity contribution < 1.29 is 13.2 Å². The van der Waals surface area contributed by atoms with Gasteiger partial charge in [-0.3, -0.25) is 9.36 Å². The lowest BCUT2D eigenvalue weighted by Crippen LogP contribution is -2.39. The Bertz CT molecular complexity index is 1010. The van der Waals surface area contributed by atoms with Gasteiger partial charge in [0.25, 0.3) is 0 Å². The predicted molar refractivity (Wildman–Crippen MR) is 120 cm³/mol. The molecule has 2 rings (SSSR count). The fourth-order valence-electron chi connectivity index (χ4n) is 3.65. The molecule has 1 aromatic carbocycles. The third-order valence-corrected chi connectivity index (χ3v) is 7.08. The Kier molecular flexibility index (Phi) is 8.66. The van der Waals surface area contributed by atoms with E-state index in [9.17, 15) is 18.0 Å². The molecule has 0 fully saturated rings. The zero-order chi connectivity index (χ0) is 22.3. The summed E-state index contributed by atoms with van der Waals surface area (Å²) in [6, 6.07) is 6.63. The number of para-hydroxylation sites is 2. The quantitative estimate of drug-likeness (QED) is 0.547. The minimum atomic E-state index is -3.78. The van der Waals surface area contributed by atoms with Crippen LogP contribution in [0.1, 0.15) is 47.0 Å². The van der Waals surface area contributed by atoms with Crippen LogP contribution in [0, 0.1) is 0 Å². The van der Waals surface area contributed by atoms with Gasteiger partial charge in [-0.2, -0.15) is 3.97 Å². The van der Waals surface area contributed by atoms with Gasteiger partial charge in [0.05, 0.1) is 16.8 Å². The van der Waals surface area contributed by atoms with Gasteiger partial charge in [0.15, 0.2) is 0 Å². The van der Waals surface area contributed by atoms with Gasteiger partial charge in [0.2, 0.25) is 15.9 Å². The number of imidazole rings is 1. The van der Waals surface area contributed by atoms with Crippen molar-refractivity contribution in [2.45, 2.75) is 59.5 Å². The molecule has 2 aromatic rings. The first-order chi connectivity index (χ1) is 14.2. The van der Waals surface area contributed by atoms with Gasteiger partial charge >= 0.3 is 5.69 Å². The second kappa shape index (κ2) is 10.8. The number of hydrogen-bond donors (Lipinski definition) is 1. The van der Waals surface area contributed by atoms with E-state index in [1.165, 1.54) is 4.57 Å². The van der Waals surface area contributed by atoms with Crippen molar-refractivity contribution in [2.75, 3.05) is 25.4 Å². The number of benzene rings is 1. The van der Waals surface area contributed by atoms with Crippen LogP contribution in [-0.2, 0) is 21.4 Å². The maximum Gasteiger partial charge on any atom is 0.343 e. The van der Waals surface area contributed by atoms with E-state index in [1.54, 1.807) is 31.2 Å². The average molecular weight is 439 g/mol. The van der Waals surface area contributed by atoms with Gasteiger partial charge in [-0.1, -0.05) is 32.9 Å². The van der Waals surface area contributed by atoms with Crippen molar-refractivity contribution in [3.8, 4) is 0 Å². The molecule has 30 heavy (non-hydrogen) atoms. The summed E-state index contributed by atoms with van der Waals surface area (Å²) in [5.41, 5.74) is 0.0384. The summed E-state index contributed by atoms with van der Waals surface area (Å²) in [5, 5.41) is 2.93. The Balaban J connectivity index is 2.15. The third-order valence-electron chi connectivity index (χ3n) is 5.25. The van der Waals surface area contributed by atoms with E-state index >= 15 is 0 Å². The van der Waals surface area contributed by atoms with Crippen LogP contribution >= 0.6 is 0 Å². The smallest absolute Gasteiger partial charge is 0.343 e. The van der Waals surface area contributed by atoms with E-state index in [4.69, 9.17) is 0 Å². The van der Waals surface area contributed by atoms with E-state index in [1.807, 2.05) is 6.92 Å². The summed E-state index contributed by atoms with van der Waals surface area (Å²) < 4.78 is 27.3. The number of carbonyl (C=O) groups excluding carboxylic acids is 1. The van der Waals surface area contributed by atoms with Gasteiger partial charge in [-0.05, 0) is 58.0 Å². The molecule has 0 saturated carbocycles. The molecule has 0 aliphatic carbocycles. The zero-order valence-corrected chi connectivity index (χ0v) is 19.2. The van der Waals surface area contributed by atoms with Crippen LogP contribution in [0.15, 0.2) is 29.1 Å². The molecular formula is C21H34N4O4S. The second-order valence-electron chi connectivity index (χ2n) is 7.58. The molecule has 0 aliphatic heterocycles. The van der Waals surface area contributed by atoms with Crippen LogP contribution in [-0.4, -0.2) is 59.2 Å². The lowest BCUT2D eigenvalue weighted by molar-refractivity contribution is -0.122. The van der Waals surface area contributed by atoms with Crippen molar-refractivity contribution in [3.05, 3.63) is 34.7 Å². The maximum atomic E-state index is 12.9. The van der Waals surface area contributed by atoms with Crippen molar-refractivity contribution in [2.24, 2.45) is 0 Å². The molecule has 9 heteroatoms. The minimum absolute atomic E-state index is 0.0269. The lowest BCUT2D eigenvalue weighted by atomic mass is 10.1. The van der Waals surface area contributed by atoms with Gasteiger partial charge in [-0.15, -0.1) is 0 Å². The van der Waals surface area contributed by atoms with Crippen LogP contribution in [0.2, 0.25) is 0 Å². The number of aromatic nitrogens is 2. The number of rotatable bonds is 12. The Morgan fingerprint density at radius 2 is 1.77 bits per heavy atom. The van der Waals surface area contributed by atoms with E-state index < -0.39 is 15.7 Å². The summed E-state index contributed by atoms with van der Waals surface area (Å²) in [7, 11) is -3.78. The Morgan fingerprint density at radius 1 is 1.13 bits per heavy atom. The van der Waals surface area contributed by atoms with E-state index in [0.29, 0.717) is 17.5 Å². The SMILES string of the molecule is CCCS(=O)(=O)n1c(=O)n(CC(=O)NC(C)CCCN(CC)CC)c2ccccc21. The van der Waals surface area contributed by atoms with Crippen LogP contribution in [0.25, 0.3) is 11.0 Å². The van der Waals surface area contributed by atoms with Gasteiger partial charge in [0, 0.05) is 6.04 Å². The number of amides is 1. The van der Waals surface area contributed by atoms with E-state index in [-0.39, 0.29) is 24.2 Å². The van der Waals surface area contributed by atoms with E-state index in [0.717, 1.165) is 36.4 Å².